The third-order valence-electron chi connectivity index (χ3n) is 4.09. The maximum atomic E-state index is 13.3. The van der Waals surface area contributed by atoms with E-state index in [0.717, 1.165) is 17.8 Å². The highest BCUT2D eigenvalue weighted by atomic mass is 32.2. The molecule has 0 saturated carbocycles. The number of carbonyl (C=O) groups is 1. The molecule has 31 heavy (non-hydrogen) atoms. The first-order valence-corrected chi connectivity index (χ1v) is 9.94. The van der Waals surface area contributed by atoms with E-state index in [2.05, 4.69) is 15.3 Å². The molecule has 2 aromatic carbocycles. The molecule has 0 aliphatic carbocycles. The average Bonchev–Trinajstić information content (AvgIpc) is 2.77. The molecule has 1 heterocycles. The molecule has 1 amide bonds. The maximum absolute atomic E-state index is 13.3. The Hall–Kier alpha value is -3.27. The third kappa shape index (κ3) is 6.11. The molecule has 0 fully saturated rings. The third-order valence-corrected chi connectivity index (χ3v) is 4.94. The number of ether oxygens (including phenoxy) is 2. The number of hydrogen-bond donors (Lipinski definition) is 1. The summed E-state index contributed by atoms with van der Waals surface area (Å²) in [6.45, 7) is 0. The molecular formula is C21H18F3N3O3S. The quantitative estimate of drug-likeness (QED) is 0.408. The number of rotatable bonds is 7. The number of thioether (sulfide) groups is 1. The molecule has 0 atom stereocenters. The van der Waals surface area contributed by atoms with Crippen LogP contribution in [0.25, 0.3) is 11.3 Å². The fraction of sp³-hybridized carbons (Fsp3) is 0.190. The number of aromatic nitrogens is 2. The van der Waals surface area contributed by atoms with Crippen LogP contribution in [-0.2, 0) is 11.0 Å². The van der Waals surface area contributed by atoms with Crippen molar-refractivity contribution in [2.75, 3.05) is 25.3 Å². The number of carbonyl (C=O) groups excluding carboxylic acids is 1. The van der Waals surface area contributed by atoms with E-state index in [1.54, 1.807) is 48.5 Å². The van der Waals surface area contributed by atoms with Gasteiger partial charge in [0.05, 0.1) is 25.7 Å². The van der Waals surface area contributed by atoms with Crippen molar-refractivity contribution in [3.05, 3.63) is 60.3 Å². The monoisotopic (exact) mass is 449 g/mol. The summed E-state index contributed by atoms with van der Waals surface area (Å²) in [5.74, 6) is 0.645. The number of alkyl halides is 3. The number of halogens is 3. The summed E-state index contributed by atoms with van der Waals surface area (Å²) in [5, 5.41) is 2.51. The largest absolute Gasteiger partial charge is 0.497 e. The fourth-order valence-electron chi connectivity index (χ4n) is 2.55. The van der Waals surface area contributed by atoms with Crippen molar-refractivity contribution in [1.82, 2.24) is 9.97 Å². The van der Waals surface area contributed by atoms with Crippen LogP contribution in [-0.4, -0.2) is 35.8 Å². The first kappa shape index (κ1) is 22.4. The van der Waals surface area contributed by atoms with Crippen LogP contribution >= 0.6 is 11.8 Å². The molecule has 0 aliphatic heterocycles. The molecule has 1 aromatic heterocycles. The Labute approximate surface area is 180 Å². The van der Waals surface area contributed by atoms with Gasteiger partial charge in [-0.15, -0.1) is 0 Å². The van der Waals surface area contributed by atoms with Gasteiger partial charge >= 0.3 is 6.18 Å². The number of benzene rings is 2. The highest BCUT2D eigenvalue weighted by Crippen LogP contribution is 2.32. The van der Waals surface area contributed by atoms with Gasteiger partial charge in [-0.05, 0) is 54.6 Å². The minimum atomic E-state index is -4.65. The van der Waals surface area contributed by atoms with Crippen molar-refractivity contribution in [2.24, 2.45) is 0 Å². The summed E-state index contributed by atoms with van der Waals surface area (Å²) in [6, 6.07) is 14.0. The molecule has 0 unspecified atom stereocenters. The van der Waals surface area contributed by atoms with Crippen LogP contribution in [0.3, 0.4) is 0 Å². The molecule has 0 spiro atoms. The molecule has 1 N–H and O–H groups in total. The Morgan fingerprint density at radius 1 is 0.968 bits per heavy atom. The highest BCUT2D eigenvalue weighted by Gasteiger charge is 2.34. The number of hydrogen-bond acceptors (Lipinski definition) is 6. The van der Waals surface area contributed by atoms with Gasteiger partial charge in [-0.1, -0.05) is 11.8 Å². The lowest BCUT2D eigenvalue weighted by Crippen LogP contribution is -2.15. The van der Waals surface area contributed by atoms with Gasteiger partial charge < -0.3 is 14.8 Å². The Kier molecular flexibility index (Phi) is 7.01. The summed E-state index contributed by atoms with van der Waals surface area (Å²) in [5.41, 5.74) is 0.0305. The van der Waals surface area contributed by atoms with Crippen molar-refractivity contribution in [2.45, 2.75) is 11.3 Å². The van der Waals surface area contributed by atoms with Crippen molar-refractivity contribution in [3.8, 4) is 22.8 Å². The number of nitrogens with zero attached hydrogens (tertiary/aromatic N) is 2. The van der Waals surface area contributed by atoms with Crippen LogP contribution in [0.5, 0.6) is 11.5 Å². The zero-order chi connectivity index (χ0) is 22.4. The summed E-state index contributed by atoms with van der Waals surface area (Å²) < 4.78 is 50.1. The first-order valence-electron chi connectivity index (χ1n) is 8.96. The van der Waals surface area contributed by atoms with Crippen LogP contribution < -0.4 is 14.8 Å². The second-order valence-corrected chi connectivity index (χ2v) is 7.16. The Morgan fingerprint density at radius 3 is 2.10 bits per heavy atom. The summed E-state index contributed by atoms with van der Waals surface area (Å²) in [4.78, 5) is 20.0. The molecule has 10 heteroatoms. The van der Waals surface area contributed by atoms with Gasteiger partial charge in [0.25, 0.3) is 0 Å². The SMILES string of the molecule is COc1ccc(NC(=O)CSc2nc(-c3ccc(OC)cc3)cc(C(F)(F)F)n2)cc1. The number of amides is 1. The standard InChI is InChI=1S/C21H18F3N3O3S/c1-29-15-7-3-13(4-8-15)17-11-18(21(22,23)24)27-20(26-17)31-12-19(28)25-14-5-9-16(30-2)10-6-14/h3-11H,12H2,1-2H3,(H,25,28). The highest BCUT2D eigenvalue weighted by molar-refractivity contribution is 7.99. The summed E-state index contributed by atoms with van der Waals surface area (Å²) in [6.07, 6.45) is -4.65. The predicted molar refractivity (Wildman–Crippen MR) is 111 cm³/mol. The van der Waals surface area contributed by atoms with Gasteiger partial charge in [-0.3, -0.25) is 4.79 Å². The fourth-order valence-corrected chi connectivity index (χ4v) is 3.20. The lowest BCUT2D eigenvalue weighted by atomic mass is 10.1. The molecule has 3 rings (SSSR count). The number of nitrogens with one attached hydrogen (secondary N) is 1. The second-order valence-electron chi connectivity index (χ2n) is 6.21. The van der Waals surface area contributed by atoms with Crippen molar-refractivity contribution in [1.29, 1.82) is 0 Å². The maximum Gasteiger partial charge on any atom is 0.433 e. The van der Waals surface area contributed by atoms with E-state index in [1.165, 1.54) is 14.2 Å². The van der Waals surface area contributed by atoms with E-state index in [0.29, 0.717) is 22.7 Å². The van der Waals surface area contributed by atoms with Gasteiger partial charge in [0.15, 0.2) is 5.16 Å². The molecular weight excluding hydrogens is 431 g/mol. The molecule has 0 bridgehead atoms. The van der Waals surface area contributed by atoms with E-state index in [1.807, 2.05) is 0 Å². The minimum absolute atomic E-state index is 0.100. The van der Waals surface area contributed by atoms with Crippen LogP contribution in [0.1, 0.15) is 5.69 Å². The molecule has 0 radical (unpaired) electrons. The molecule has 6 nitrogen and oxygen atoms in total. The first-order chi connectivity index (χ1) is 14.8. The molecule has 3 aromatic rings. The topological polar surface area (TPSA) is 73.3 Å². The molecule has 162 valence electrons. The lowest BCUT2D eigenvalue weighted by molar-refractivity contribution is -0.141. The van der Waals surface area contributed by atoms with Gasteiger partial charge in [0.2, 0.25) is 5.91 Å². The van der Waals surface area contributed by atoms with Crippen molar-refractivity contribution >= 4 is 23.4 Å². The number of methoxy groups -OCH3 is 2. The van der Waals surface area contributed by atoms with Crippen molar-refractivity contribution in [3.63, 3.8) is 0 Å². The summed E-state index contributed by atoms with van der Waals surface area (Å²) in [7, 11) is 3.02. The minimum Gasteiger partial charge on any atom is -0.497 e. The van der Waals surface area contributed by atoms with Crippen molar-refractivity contribution < 1.29 is 27.4 Å². The number of anilines is 1. The van der Waals surface area contributed by atoms with Gasteiger partial charge in [-0.25, -0.2) is 9.97 Å². The summed E-state index contributed by atoms with van der Waals surface area (Å²) >= 11 is 0.819. The predicted octanol–water partition coefficient (Wildman–Crippen LogP) is 4.91. The van der Waals surface area contributed by atoms with E-state index >= 15 is 0 Å². The van der Waals surface area contributed by atoms with Crippen LogP contribution in [0, 0.1) is 0 Å². The van der Waals surface area contributed by atoms with Gasteiger partial charge in [-0.2, -0.15) is 13.2 Å². The van der Waals surface area contributed by atoms with Crippen LogP contribution in [0.4, 0.5) is 18.9 Å². The van der Waals surface area contributed by atoms with E-state index in [9.17, 15) is 18.0 Å². The zero-order valence-corrected chi connectivity index (χ0v) is 17.4. The molecule has 0 aliphatic rings. The smallest absolute Gasteiger partial charge is 0.433 e. The Bertz CT molecular complexity index is 1040. The Balaban J connectivity index is 1.76. The van der Waals surface area contributed by atoms with E-state index in [-0.39, 0.29) is 16.6 Å². The van der Waals surface area contributed by atoms with Crippen LogP contribution in [0.2, 0.25) is 0 Å². The zero-order valence-electron chi connectivity index (χ0n) is 16.6. The van der Waals surface area contributed by atoms with Gasteiger partial charge in [0, 0.05) is 11.3 Å². The average molecular weight is 449 g/mol. The van der Waals surface area contributed by atoms with Crippen LogP contribution in [0.15, 0.2) is 59.8 Å². The van der Waals surface area contributed by atoms with E-state index < -0.39 is 17.8 Å². The Morgan fingerprint density at radius 2 is 1.55 bits per heavy atom. The van der Waals surface area contributed by atoms with E-state index in [4.69, 9.17) is 9.47 Å². The second kappa shape index (κ2) is 9.69. The molecule has 0 saturated heterocycles. The van der Waals surface area contributed by atoms with Gasteiger partial charge in [0.1, 0.15) is 17.2 Å². The normalized spacial score (nSPS) is 11.1. The lowest BCUT2D eigenvalue weighted by Gasteiger charge is -2.11.